The topological polar surface area (TPSA) is 20.3 Å². The summed E-state index contributed by atoms with van der Waals surface area (Å²) in [6.45, 7) is 7.50. The maximum Gasteiger partial charge on any atom is 0.141 e. The number of hydrogen-bond acceptors (Lipinski definition) is 2. The van der Waals surface area contributed by atoms with Crippen molar-refractivity contribution in [1.82, 2.24) is 4.90 Å². The molecule has 1 rings (SSSR count). The van der Waals surface area contributed by atoms with Crippen LogP contribution in [0.1, 0.15) is 19.8 Å². The van der Waals surface area contributed by atoms with Crippen LogP contribution in [0.5, 0.6) is 0 Å². The van der Waals surface area contributed by atoms with Gasteiger partial charge in [-0.05, 0) is 13.5 Å². The van der Waals surface area contributed by atoms with E-state index in [1.54, 1.807) is 0 Å². The summed E-state index contributed by atoms with van der Waals surface area (Å²) < 4.78 is 0. The molecule has 12 heavy (non-hydrogen) atoms. The van der Waals surface area contributed by atoms with Crippen molar-refractivity contribution in [3.8, 4) is 0 Å². The summed E-state index contributed by atoms with van der Waals surface area (Å²) in [5.74, 6) is 0.389. The maximum absolute atomic E-state index is 11.6. The lowest BCUT2D eigenvalue weighted by molar-refractivity contribution is -0.132. The van der Waals surface area contributed by atoms with Gasteiger partial charge < -0.3 is 4.90 Å². The average molecular weight is 167 g/mol. The first kappa shape index (κ1) is 9.46. The van der Waals surface area contributed by atoms with Crippen LogP contribution >= 0.6 is 0 Å². The van der Waals surface area contributed by atoms with Crippen LogP contribution in [0.15, 0.2) is 12.7 Å². The smallest absolute Gasteiger partial charge is 0.141 e. The van der Waals surface area contributed by atoms with E-state index >= 15 is 0 Å². The monoisotopic (exact) mass is 167 g/mol. The van der Waals surface area contributed by atoms with Gasteiger partial charge in [0.2, 0.25) is 0 Å². The number of ketones is 1. The molecule has 1 saturated heterocycles. The van der Waals surface area contributed by atoms with Crippen LogP contribution in [0.2, 0.25) is 0 Å². The van der Waals surface area contributed by atoms with Crippen LogP contribution < -0.4 is 0 Å². The van der Waals surface area contributed by atoms with Crippen LogP contribution in [0, 0.1) is 5.41 Å². The van der Waals surface area contributed by atoms with Gasteiger partial charge >= 0.3 is 0 Å². The molecule has 1 heterocycles. The van der Waals surface area contributed by atoms with Gasteiger partial charge in [0.15, 0.2) is 0 Å². The van der Waals surface area contributed by atoms with E-state index in [0.29, 0.717) is 12.2 Å². The van der Waals surface area contributed by atoms with Gasteiger partial charge in [-0.2, -0.15) is 0 Å². The molecule has 0 aromatic rings. The Bertz CT molecular complexity index is 200. The standard InChI is InChI=1S/C10H17NO/c1-4-6-10(2)8-11(3)7-5-9(10)12/h4H,1,5-8H2,2-3H3. The molecule has 68 valence electrons. The average Bonchev–Trinajstić information content (AvgIpc) is 1.98. The molecule has 0 saturated carbocycles. The third kappa shape index (κ3) is 1.75. The number of likely N-dealkylation sites (tertiary alicyclic amines) is 1. The summed E-state index contributed by atoms with van der Waals surface area (Å²) >= 11 is 0. The quantitative estimate of drug-likeness (QED) is 0.580. The minimum atomic E-state index is -0.172. The molecule has 2 nitrogen and oxygen atoms in total. The van der Waals surface area contributed by atoms with Crippen molar-refractivity contribution in [2.45, 2.75) is 19.8 Å². The van der Waals surface area contributed by atoms with Crippen LogP contribution in [0.4, 0.5) is 0 Å². The molecule has 0 aromatic heterocycles. The molecule has 1 fully saturated rings. The van der Waals surface area contributed by atoms with Gasteiger partial charge in [0.05, 0.1) is 0 Å². The lowest BCUT2D eigenvalue weighted by Crippen LogP contribution is -2.45. The SMILES string of the molecule is C=CCC1(C)CN(C)CCC1=O. The number of allylic oxidation sites excluding steroid dienone is 1. The molecule has 0 spiro atoms. The van der Waals surface area contributed by atoms with E-state index < -0.39 is 0 Å². The first-order valence-corrected chi connectivity index (χ1v) is 4.41. The lowest BCUT2D eigenvalue weighted by atomic mass is 9.78. The first-order valence-electron chi connectivity index (χ1n) is 4.41. The van der Waals surface area contributed by atoms with Crippen molar-refractivity contribution in [2.24, 2.45) is 5.41 Å². The molecule has 0 aromatic carbocycles. The van der Waals surface area contributed by atoms with Gasteiger partial charge in [-0.25, -0.2) is 0 Å². The molecule has 0 aliphatic carbocycles. The Morgan fingerprint density at radius 3 is 3.00 bits per heavy atom. The molecule has 0 N–H and O–H groups in total. The Morgan fingerprint density at radius 1 is 1.75 bits per heavy atom. The Hall–Kier alpha value is -0.630. The van der Waals surface area contributed by atoms with Gasteiger partial charge in [0, 0.05) is 24.9 Å². The zero-order valence-corrected chi connectivity index (χ0v) is 7.97. The minimum absolute atomic E-state index is 0.172. The van der Waals surface area contributed by atoms with Crippen molar-refractivity contribution in [2.75, 3.05) is 20.1 Å². The summed E-state index contributed by atoms with van der Waals surface area (Å²) in [4.78, 5) is 13.8. The molecule has 1 atom stereocenters. The molecule has 2 heteroatoms. The number of piperidine rings is 1. The van der Waals surface area contributed by atoms with Gasteiger partial charge in [-0.15, -0.1) is 6.58 Å². The van der Waals surface area contributed by atoms with E-state index in [2.05, 4.69) is 18.5 Å². The highest BCUT2D eigenvalue weighted by molar-refractivity contribution is 5.85. The zero-order chi connectivity index (χ0) is 9.19. The number of carbonyl (C=O) groups is 1. The maximum atomic E-state index is 11.6. The number of rotatable bonds is 2. The van der Waals surface area contributed by atoms with Crippen LogP contribution in [0.25, 0.3) is 0 Å². The second kappa shape index (κ2) is 3.40. The highest BCUT2D eigenvalue weighted by atomic mass is 16.1. The largest absolute Gasteiger partial charge is 0.305 e. The number of hydrogen-bond donors (Lipinski definition) is 0. The fourth-order valence-electron chi connectivity index (χ4n) is 1.85. The van der Waals surface area contributed by atoms with Crippen molar-refractivity contribution < 1.29 is 4.79 Å². The van der Waals surface area contributed by atoms with Crippen molar-refractivity contribution in [3.63, 3.8) is 0 Å². The third-order valence-electron chi connectivity index (χ3n) is 2.61. The van der Waals surface area contributed by atoms with E-state index in [9.17, 15) is 4.79 Å². The first-order chi connectivity index (χ1) is 5.58. The molecule has 1 aliphatic rings. The molecule has 1 aliphatic heterocycles. The van der Waals surface area contributed by atoms with Gasteiger partial charge in [0.25, 0.3) is 0 Å². The van der Waals surface area contributed by atoms with E-state index in [4.69, 9.17) is 0 Å². The van der Waals surface area contributed by atoms with E-state index in [-0.39, 0.29) is 5.41 Å². The van der Waals surface area contributed by atoms with Crippen molar-refractivity contribution >= 4 is 5.78 Å². The van der Waals surface area contributed by atoms with E-state index in [0.717, 1.165) is 19.5 Å². The zero-order valence-electron chi connectivity index (χ0n) is 7.97. The highest BCUT2D eigenvalue weighted by Crippen LogP contribution is 2.29. The Balaban J connectivity index is 2.70. The fourth-order valence-corrected chi connectivity index (χ4v) is 1.85. The Kier molecular flexibility index (Phi) is 2.68. The van der Waals surface area contributed by atoms with Crippen LogP contribution in [-0.4, -0.2) is 30.8 Å². The molecule has 0 amide bonds. The number of Topliss-reactive ketones (excluding diaryl/α,β-unsaturated/α-hetero) is 1. The number of nitrogens with zero attached hydrogens (tertiary/aromatic N) is 1. The van der Waals surface area contributed by atoms with Gasteiger partial charge in [-0.1, -0.05) is 13.0 Å². The van der Waals surface area contributed by atoms with E-state index in [1.165, 1.54) is 0 Å². The molecule has 0 radical (unpaired) electrons. The summed E-state index contributed by atoms with van der Waals surface area (Å²) in [6, 6.07) is 0. The second-order valence-corrected chi connectivity index (χ2v) is 3.96. The van der Waals surface area contributed by atoms with Gasteiger partial charge in [0.1, 0.15) is 5.78 Å². The van der Waals surface area contributed by atoms with Crippen LogP contribution in [0.3, 0.4) is 0 Å². The third-order valence-corrected chi connectivity index (χ3v) is 2.61. The molecular weight excluding hydrogens is 150 g/mol. The van der Waals surface area contributed by atoms with Crippen molar-refractivity contribution in [1.29, 1.82) is 0 Å². The second-order valence-electron chi connectivity index (χ2n) is 3.96. The van der Waals surface area contributed by atoms with Gasteiger partial charge in [-0.3, -0.25) is 4.79 Å². The lowest BCUT2D eigenvalue weighted by Gasteiger charge is -2.36. The molecule has 0 bridgehead atoms. The van der Waals surface area contributed by atoms with Crippen LogP contribution in [-0.2, 0) is 4.79 Å². The predicted octanol–water partition coefficient (Wildman–Crippen LogP) is 1.47. The normalized spacial score (nSPS) is 32.0. The summed E-state index contributed by atoms with van der Waals surface area (Å²) in [7, 11) is 2.06. The minimum Gasteiger partial charge on any atom is -0.305 e. The Morgan fingerprint density at radius 2 is 2.42 bits per heavy atom. The fraction of sp³-hybridized carbons (Fsp3) is 0.700. The molecule has 1 unspecified atom stereocenters. The highest BCUT2D eigenvalue weighted by Gasteiger charge is 2.35. The number of carbonyl (C=O) groups excluding carboxylic acids is 1. The summed E-state index contributed by atoms with van der Waals surface area (Å²) in [5.41, 5.74) is -0.172. The van der Waals surface area contributed by atoms with Crippen molar-refractivity contribution in [3.05, 3.63) is 12.7 Å². The predicted molar refractivity (Wildman–Crippen MR) is 50.0 cm³/mol. The summed E-state index contributed by atoms with van der Waals surface area (Å²) in [5, 5.41) is 0. The molecular formula is C10H17NO. The van der Waals surface area contributed by atoms with E-state index in [1.807, 2.05) is 13.0 Å². The Labute approximate surface area is 74.2 Å². The summed E-state index contributed by atoms with van der Waals surface area (Å²) in [6.07, 6.45) is 3.34.